The number of rotatable bonds is 8. The molecule has 0 saturated heterocycles. The van der Waals surface area contributed by atoms with Crippen molar-refractivity contribution in [3.05, 3.63) is 80.7 Å². The summed E-state index contributed by atoms with van der Waals surface area (Å²) < 4.78 is 1.37. The lowest BCUT2D eigenvalue weighted by atomic mass is 10.0. The third-order valence-corrected chi connectivity index (χ3v) is 6.70. The highest BCUT2D eigenvalue weighted by Gasteiger charge is 2.18. The van der Waals surface area contributed by atoms with Gasteiger partial charge in [0.2, 0.25) is 5.91 Å². The Morgan fingerprint density at radius 2 is 1.74 bits per heavy atom. The lowest BCUT2D eigenvalue weighted by Crippen LogP contribution is -2.37. The highest BCUT2D eigenvalue weighted by atomic mass is 35.5. The molecule has 7 nitrogen and oxygen atoms in total. The fourth-order valence-electron chi connectivity index (χ4n) is 4.15. The van der Waals surface area contributed by atoms with Crippen LogP contribution in [-0.4, -0.2) is 44.5 Å². The maximum atomic E-state index is 13.8. The Balaban J connectivity index is 1.85. The summed E-state index contributed by atoms with van der Waals surface area (Å²) in [6.07, 6.45) is 1.69. The van der Waals surface area contributed by atoms with Crippen LogP contribution in [0.15, 0.2) is 59.5 Å². The van der Waals surface area contributed by atoms with Crippen molar-refractivity contribution in [2.45, 2.75) is 52.9 Å². The number of aromatic nitrogens is 3. The highest BCUT2D eigenvalue weighted by Crippen LogP contribution is 2.28. The first-order chi connectivity index (χ1) is 18.0. The van der Waals surface area contributed by atoms with Crippen LogP contribution < -0.4 is 10.9 Å². The van der Waals surface area contributed by atoms with E-state index in [9.17, 15) is 9.59 Å². The van der Waals surface area contributed by atoms with Gasteiger partial charge in [0.25, 0.3) is 5.56 Å². The Labute approximate surface area is 232 Å². The van der Waals surface area contributed by atoms with E-state index in [1.54, 1.807) is 36.5 Å². The second-order valence-electron chi connectivity index (χ2n) is 10.0. The van der Waals surface area contributed by atoms with E-state index < -0.39 is 0 Å². The van der Waals surface area contributed by atoms with Gasteiger partial charge in [-0.05, 0) is 82.3 Å². The van der Waals surface area contributed by atoms with Gasteiger partial charge in [-0.15, -0.1) is 0 Å². The fourth-order valence-corrected chi connectivity index (χ4v) is 4.60. The van der Waals surface area contributed by atoms with Crippen molar-refractivity contribution in [2.75, 3.05) is 7.05 Å². The lowest BCUT2D eigenvalue weighted by molar-refractivity contribution is -0.122. The van der Waals surface area contributed by atoms with Crippen LogP contribution in [0.4, 0.5) is 0 Å². The summed E-state index contributed by atoms with van der Waals surface area (Å²) in [5, 5.41) is 4.26. The van der Waals surface area contributed by atoms with Crippen molar-refractivity contribution < 1.29 is 4.79 Å². The lowest BCUT2D eigenvalue weighted by Gasteiger charge is -2.21. The first kappa shape index (κ1) is 27.8. The summed E-state index contributed by atoms with van der Waals surface area (Å²) in [5.41, 5.74) is 3.19. The van der Waals surface area contributed by atoms with Crippen LogP contribution in [-0.2, 0) is 17.9 Å². The van der Waals surface area contributed by atoms with Gasteiger partial charge in [-0.25, -0.2) is 9.97 Å². The number of fused-ring (bicyclic) bond motifs is 1. The molecule has 0 aliphatic carbocycles. The molecule has 0 saturated carbocycles. The average Bonchev–Trinajstić information content (AvgIpc) is 2.84. The van der Waals surface area contributed by atoms with E-state index in [-0.39, 0.29) is 29.7 Å². The number of hydrogen-bond acceptors (Lipinski definition) is 5. The summed E-state index contributed by atoms with van der Waals surface area (Å²) in [4.78, 5) is 37.9. The minimum Gasteiger partial charge on any atom is -0.352 e. The Kier molecular flexibility index (Phi) is 8.51. The number of halogens is 2. The van der Waals surface area contributed by atoms with Crippen LogP contribution in [0.25, 0.3) is 33.5 Å². The second-order valence-corrected chi connectivity index (χ2v) is 10.9. The summed E-state index contributed by atoms with van der Waals surface area (Å²) in [6, 6.07) is 14.9. The van der Waals surface area contributed by atoms with Gasteiger partial charge >= 0.3 is 0 Å². The normalized spacial score (nSPS) is 11.6. The monoisotopic (exact) mass is 551 g/mol. The van der Waals surface area contributed by atoms with Crippen LogP contribution in [0, 0.1) is 0 Å². The highest BCUT2D eigenvalue weighted by molar-refractivity contribution is 6.31. The van der Waals surface area contributed by atoms with Gasteiger partial charge in [0.15, 0.2) is 5.65 Å². The van der Waals surface area contributed by atoms with Crippen LogP contribution >= 0.6 is 23.2 Å². The standard InChI is InChI=1S/C29H31Cl2N5O2/c1-17(2)33-26(37)16-36-28(20-7-6-8-23(30)11-20)34-27-25(29(36)38)13-22(14-32-27)21-9-19(10-24(31)12-21)15-35(5)18(3)4/h6-14,17-18H,15-16H2,1-5H3,(H,33,37). The fraction of sp³-hybridized carbons (Fsp3) is 0.310. The van der Waals surface area contributed by atoms with Gasteiger partial charge in [0, 0.05) is 46.0 Å². The Morgan fingerprint density at radius 3 is 2.42 bits per heavy atom. The molecule has 2 aromatic carbocycles. The van der Waals surface area contributed by atoms with E-state index in [4.69, 9.17) is 23.2 Å². The number of pyridine rings is 1. The molecule has 1 amide bonds. The minimum absolute atomic E-state index is 0.0683. The molecule has 0 spiro atoms. The molecule has 4 aromatic rings. The molecule has 2 aromatic heterocycles. The van der Waals surface area contributed by atoms with Crippen molar-refractivity contribution >= 4 is 40.1 Å². The van der Waals surface area contributed by atoms with Crippen LogP contribution in [0.3, 0.4) is 0 Å². The van der Waals surface area contributed by atoms with Gasteiger partial charge in [-0.3, -0.25) is 19.1 Å². The van der Waals surface area contributed by atoms with Crippen molar-refractivity contribution in [3.63, 3.8) is 0 Å². The predicted octanol–water partition coefficient (Wildman–Crippen LogP) is 5.80. The zero-order valence-corrected chi connectivity index (χ0v) is 23.6. The zero-order valence-electron chi connectivity index (χ0n) is 22.1. The molecule has 0 unspecified atom stereocenters. The molecule has 0 aliphatic rings. The quantitative estimate of drug-likeness (QED) is 0.299. The first-order valence-corrected chi connectivity index (χ1v) is 13.2. The minimum atomic E-state index is -0.361. The molecular formula is C29H31Cl2N5O2. The van der Waals surface area contributed by atoms with Crippen molar-refractivity contribution in [2.24, 2.45) is 0 Å². The number of hydrogen-bond donors (Lipinski definition) is 1. The molecule has 0 aliphatic heterocycles. The molecule has 0 fully saturated rings. The Morgan fingerprint density at radius 1 is 1.00 bits per heavy atom. The largest absolute Gasteiger partial charge is 0.352 e. The van der Waals surface area contributed by atoms with E-state index in [1.807, 2.05) is 26.0 Å². The third-order valence-electron chi connectivity index (χ3n) is 6.25. The topological polar surface area (TPSA) is 80.1 Å². The molecule has 4 rings (SSSR count). The summed E-state index contributed by atoms with van der Waals surface area (Å²) in [6.45, 7) is 8.55. The first-order valence-electron chi connectivity index (χ1n) is 12.5. The van der Waals surface area contributed by atoms with Crippen molar-refractivity contribution in [1.82, 2.24) is 24.8 Å². The van der Waals surface area contributed by atoms with E-state index in [1.165, 1.54) is 4.57 Å². The number of benzene rings is 2. The molecule has 1 N–H and O–H groups in total. The molecule has 0 bridgehead atoms. The molecule has 2 heterocycles. The number of carbonyl (C=O) groups excluding carboxylic acids is 1. The van der Waals surface area contributed by atoms with Gasteiger partial charge in [-0.2, -0.15) is 0 Å². The molecule has 198 valence electrons. The van der Waals surface area contributed by atoms with Gasteiger partial charge in [-0.1, -0.05) is 35.3 Å². The van der Waals surface area contributed by atoms with Gasteiger partial charge < -0.3 is 5.32 Å². The summed E-state index contributed by atoms with van der Waals surface area (Å²) >= 11 is 12.7. The van der Waals surface area contributed by atoms with Crippen LogP contribution in [0.2, 0.25) is 10.0 Å². The molecular weight excluding hydrogens is 521 g/mol. The van der Waals surface area contributed by atoms with Crippen LogP contribution in [0.5, 0.6) is 0 Å². The SMILES string of the molecule is CC(C)NC(=O)Cn1c(-c2cccc(Cl)c2)nc2ncc(-c3cc(Cl)cc(CN(C)C(C)C)c3)cc2c1=O. The molecule has 0 radical (unpaired) electrons. The molecule has 38 heavy (non-hydrogen) atoms. The molecule has 9 heteroatoms. The van der Waals surface area contributed by atoms with E-state index >= 15 is 0 Å². The number of carbonyl (C=O) groups is 1. The number of amides is 1. The zero-order chi connectivity index (χ0) is 27.6. The Hall–Kier alpha value is -3.26. The third kappa shape index (κ3) is 6.41. The van der Waals surface area contributed by atoms with Gasteiger partial charge in [0.1, 0.15) is 12.4 Å². The summed E-state index contributed by atoms with van der Waals surface area (Å²) in [5.74, 6) is 0.0373. The number of nitrogens with one attached hydrogen (secondary N) is 1. The Bertz CT molecular complexity index is 1550. The van der Waals surface area contributed by atoms with Crippen molar-refractivity contribution in [1.29, 1.82) is 0 Å². The van der Waals surface area contributed by atoms with Gasteiger partial charge in [0.05, 0.1) is 5.39 Å². The van der Waals surface area contributed by atoms with E-state index in [0.29, 0.717) is 32.9 Å². The average molecular weight is 553 g/mol. The predicted molar refractivity (Wildman–Crippen MR) is 155 cm³/mol. The number of nitrogens with zero attached hydrogens (tertiary/aromatic N) is 4. The second kappa shape index (κ2) is 11.6. The maximum absolute atomic E-state index is 13.8. The van der Waals surface area contributed by atoms with E-state index in [2.05, 4.69) is 47.1 Å². The molecule has 0 atom stereocenters. The van der Waals surface area contributed by atoms with Crippen LogP contribution in [0.1, 0.15) is 33.3 Å². The summed E-state index contributed by atoms with van der Waals surface area (Å²) in [7, 11) is 2.06. The smallest absolute Gasteiger partial charge is 0.263 e. The van der Waals surface area contributed by atoms with E-state index in [0.717, 1.165) is 23.2 Å². The maximum Gasteiger partial charge on any atom is 0.263 e. The van der Waals surface area contributed by atoms with Crippen molar-refractivity contribution in [3.8, 4) is 22.5 Å².